The van der Waals surface area contributed by atoms with Crippen molar-refractivity contribution in [3.05, 3.63) is 40.9 Å². The van der Waals surface area contributed by atoms with E-state index in [1.807, 2.05) is 6.20 Å². The number of aryl methyl sites for hydroxylation is 1. The molecule has 2 rings (SSSR count). The minimum absolute atomic E-state index is 0.757. The number of nitrogens with one attached hydrogen (secondary N) is 1. The lowest BCUT2D eigenvalue weighted by molar-refractivity contribution is 0.864. The Bertz CT molecular complexity index is 576. The van der Waals surface area contributed by atoms with Gasteiger partial charge in [-0.25, -0.2) is 0 Å². The average Bonchev–Trinajstić information content (AvgIpc) is 2.82. The van der Waals surface area contributed by atoms with Crippen molar-refractivity contribution in [2.75, 3.05) is 18.0 Å². The molecule has 0 saturated carbocycles. The maximum atomic E-state index is 5.35. The van der Waals surface area contributed by atoms with Crippen molar-refractivity contribution in [2.45, 2.75) is 27.2 Å². The Balaban J connectivity index is 2.37. The van der Waals surface area contributed by atoms with Crippen LogP contribution in [-0.4, -0.2) is 22.6 Å². The van der Waals surface area contributed by atoms with Crippen LogP contribution in [0.4, 0.5) is 5.69 Å². The summed E-state index contributed by atoms with van der Waals surface area (Å²) < 4.78 is 2.86. The number of hydrogen-bond acceptors (Lipinski definition) is 2. The first-order chi connectivity index (χ1) is 9.21. The summed E-state index contributed by atoms with van der Waals surface area (Å²) in [7, 11) is 0. The molecular weight excluding hydrogens is 254 g/mol. The standard InChI is InChI=1S/C15H21N3S/c1-4-12-11-16-15(19)18(12)14-9-7-13(8-10-14)17(5-2)6-3/h7-11H,4-6H2,1-3H3,(H,16,19). The second kappa shape index (κ2) is 6.06. The maximum absolute atomic E-state index is 5.35. The molecule has 3 nitrogen and oxygen atoms in total. The number of hydrogen-bond donors (Lipinski definition) is 1. The van der Waals surface area contributed by atoms with E-state index in [1.165, 1.54) is 11.4 Å². The Morgan fingerprint density at radius 1 is 1.11 bits per heavy atom. The lowest BCUT2D eigenvalue weighted by atomic mass is 10.2. The summed E-state index contributed by atoms with van der Waals surface area (Å²) in [5, 5.41) is 0. The van der Waals surface area contributed by atoms with E-state index in [-0.39, 0.29) is 0 Å². The normalized spacial score (nSPS) is 10.7. The molecule has 0 aliphatic rings. The molecule has 1 aromatic carbocycles. The predicted molar refractivity (Wildman–Crippen MR) is 83.9 cm³/mol. The second-order valence-electron chi connectivity index (χ2n) is 4.46. The second-order valence-corrected chi connectivity index (χ2v) is 4.85. The van der Waals surface area contributed by atoms with Crippen LogP contribution >= 0.6 is 12.2 Å². The highest BCUT2D eigenvalue weighted by atomic mass is 32.1. The number of benzene rings is 1. The van der Waals surface area contributed by atoms with Crippen LogP contribution in [0.5, 0.6) is 0 Å². The van der Waals surface area contributed by atoms with Gasteiger partial charge in [0.05, 0.1) is 0 Å². The van der Waals surface area contributed by atoms with Crippen LogP contribution in [0.1, 0.15) is 26.5 Å². The van der Waals surface area contributed by atoms with Crippen LogP contribution in [-0.2, 0) is 6.42 Å². The van der Waals surface area contributed by atoms with Crippen molar-refractivity contribution in [3.63, 3.8) is 0 Å². The van der Waals surface area contributed by atoms with Gasteiger partial charge in [0.2, 0.25) is 0 Å². The van der Waals surface area contributed by atoms with Gasteiger partial charge < -0.3 is 9.88 Å². The van der Waals surface area contributed by atoms with Crippen molar-refractivity contribution in [3.8, 4) is 5.69 Å². The number of H-pyrrole nitrogens is 1. The van der Waals surface area contributed by atoms with Crippen LogP contribution in [0.2, 0.25) is 0 Å². The zero-order valence-corrected chi connectivity index (χ0v) is 12.6. The third kappa shape index (κ3) is 2.73. The highest BCUT2D eigenvalue weighted by molar-refractivity contribution is 7.71. The maximum Gasteiger partial charge on any atom is 0.182 e. The van der Waals surface area contributed by atoms with Gasteiger partial charge in [0.1, 0.15) is 0 Å². The van der Waals surface area contributed by atoms with Crippen molar-refractivity contribution in [1.29, 1.82) is 0 Å². The van der Waals surface area contributed by atoms with Crippen LogP contribution in [0, 0.1) is 4.77 Å². The van der Waals surface area contributed by atoms with Gasteiger partial charge in [-0.3, -0.25) is 4.57 Å². The molecule has 19 heavy (non-hydrogen) atoms. The van der Waals surface area contributed by atoms with Gasteiger partial charge >= 0.3 is 0 Å². The fourth-order valence-corrected chi connectivity index (χ4v) is 2.63. The summed E-state index contributed by atoms with van der Waals surface area (Å²) in [5.41, 5.74) is 3.59. The molecule has 0 bridgehead atoms. The number of aromatic nitrogens is 2. The molecule has 1 heterocycles. The summed E-state index contributed by atoms with van der Waals surface area (Å²) in [6.45, 7) is 8.54. The Kier molecular flexibility index (Phi) is 4.43. The van der Waals surface area contributed by atoms with Gasteiger partial charge in [0, 0.05) is 36.4 Å². The first-order valence-electron chi connectivity index (χ1n) is 6.85. The SMILES string of the molecule is CCc1c[nH]c(=S)n1-c1ccc(N(CC)CC)cc1. The van der Waals surface area contributed by atoms with Crippen molar-refractivity contribution < 1.29 is 0 Å². The highest BCUT2D eigenvalue weighted by Crippen LogP contribution is 2.19. The Hall–Kier alpha value is -1.55. The molecule has 0 atom stereocenters. The van der Waals surface area contributed by atoms with E-state index in [0.29, 0.717) is 0 Å². The first-order valence-corrected chi connectivity index (χ1v) is 7.26. The zero-order valence-electron chi connectivity index (χ0n) is 11.8. The number of rotatable bonds is 5. The monoisotopic (exact) mass is 275 g/mol. The molecular formula is C15H21N3S. The van der Waals surface area contributed by atoms with Gasteiger partial charge in [0.15, 0.2) is 4.77 Å². The largest absolute Gasteiger partial charge is 0.372 e. The minimum atomic E-state index is 0.757. The Morgan fingerprint density at radius 3 is 2.26 bits per heavy atom. The number of imidazole rings is 1. The van der Waals surface area contributed by atoms with Gasteiger partial charge in [-0.2, -0.15) is 0 Å². The van der Waals surface area contributed by atoms with E-state index in [4.69, 9.17) is 12.2 Å². The average molecular weight is 275 g/mol. The number of nitrogens with zero attached hydrogens (tertiary/aromatic N) is 2. The summed E-state index contributed by atoms with van der Waals surface area (Å²) in [5.74, 6) is 0. The molecule has 1 N–H and O–H groups in total. The fourth-order valence-electron chi connectivity index (χ4n) is 2.35. The summed E-state index contributed by atoms with van der Waals surface area (Å²) in [6, 6.07) is 8.60. The molecule has 0 amide bonds. The smallest absolute Gasteiger partial charge is 0.182 e. The van der Waals surface area contributed by atoms with Gasteiger partial charge in [0.25, 0.3) is 0 Å². The third-order valence-electron chi connectivity index (χ3n) is 3.45. The lowest BCUT2D eigenvalue weighted by Gasteiger charge is -2.21. The quantitative estimate of drug-likeness (QED) is 0.836. The highest BCUT2D eigenvalue weighted by Gasteiger charge is 2.06. The lowest BCUT2D eigenvalue weighted by Crippen LogP contribution is -2.21. The molecule has 1 aromatic heterocycles. The summed E-state index contributed by atoms with van der Waals surface area (Å²) >= 11 is 5.35. The zero-order chi connectivity index (χ0) is 13.8. The van der Waals surface area contributed by atoms with E-state index in [1.54, 1.807) is 0 Å². The van der Waals surface area contributed by atoms with E-state index in [0.717, 1.165) is 30.0 Å². The van der Waals surface area contributed by atoms with E-state index >= 15 is 0 Å². The molecule has 0 unspecified atom stereocenters. The Labute approximate surface area is 119 Å². The Morgan fingerprint density at radius 2 is 1.74 bits per heavy atom. The van der Waals surface area contributed by atoms with Crippen LogP contribution in [0.3, 0.4) is 0 Å². The molecule has 0 saturated heterocycles. The van der Waals surface area contributed by atoms with Crippen molar-refractivity contribution >= 4 is 17.9 Å². The van der Waals surface area contributed by atoms with Crippen LogP contribution < -0.4 is 4.90 Å². The summed E-state index contributed by atoms with van der Waals surface area (Å²) in [6.07, 6.45) is 2.95. The van der Waals surface area contributed by atoms with Crippen LogP contribution in [0.15, 0.2) is 30.5 Å². The summed E-state index contributed by atoms with van der Waals surface area (Å²) in [4.78, 5) is 5.45. The van der Waals surface area contributed by atoms with Crippen molar-refractivity contribution in [1.82, 2.24) is 9.55 Å². The van der Waals surface area contributed by atoms with Gasteiger partial charge in [-0.05, 0) is 56.8 Å². The number of aromatic amines is 1. The molecule has 0 aliphatic carbocycles. The first kappa shape index (κ1) is 13.9. The van der Waals surface area contributed by atoms with E-state index in [2.05, 4.69) is 59.5 Å². The van der Waals surface area contributed by atoms with Gasteiger partial charge in [-0.1, -0.05) is 6.92 Å². The predicted octanol–water partition coefficient (Wildman–Crippen LogP) is 3.94. The molecule has 0 aliphatic heterocycles. The molecule has 4 heteroatoms. The van der Waals surface area contributed by atoms with E-state index in [9.17, 15) is 0 Å². The third-order valence-corrected chi connectivity index (χ3v) is 3.75. The minimum Gasteiger partial charge on any atom is -0.372 e. The number of anilines is 1. The van der Waals surface area contributed by atoms with E-state index < -0.39 is 0 Å². The molecule has 0 radical (unpaired) electrons. The fraction of sp³-hybridized carbons (Fsp3) is 0.400. The molecule has 0 spiro atoms. The van der Waals surface area contributed by atoms with Gasteiger partial charge in [-0.15, -0.1) is 0 Å². The topological polar surface area (TPSA) is 24.0 Å². The molecule has 0 fully saturated rings. The van der Waals surface area contributed by atoms with Crippen molar-refractivity contribution in [2.24, 2.45) is 0 Å². The molecule has 102 valence electrons. The van der Waals surface area contributed by atoms with Crippen LogP contribution in [0.25, 0.3) is 5.69 Å². The molecule has 2 aromatic rings.